The maximum absolute atomic E-state index is 5.20. The van der Waals surface area contributed by atoms with Crippen LogP contribution in [0.15, 0.2) is 51.4 Å². The Balaban J connectivity index is 2.02. The van der Waals surface area contributed by atoms with E-state index in [9.17, 15) is 0 Å². The molecule has 2 aromatic carbocycles. The van der Waals surface area contributed by atoms with Gasteiger partial charge in [0.2, 0.25) is 0 Å². The first kappa shape index (κ1) is 13.4. The topological polar surface area (TPSA) is 21.3 Å². The van der Waals surface area contributed by atoms with E-state index in [1.165, 1.54) is 5.56 Å². The summed E-state index contributed by atoms with van der Waals surface area (Å²) in [6, 6.07) is 14.2. The molecule has 2 rings (SSSR count). The second-order valence-corrected chi connectivity index (χ2v) is 5.60. The number of benzene rings is 2. The van der Waals surface area contributed by atoms with Gasteiger partial charge in [-0.3, -0.25) is 0 Å². The molecule has 0 aliphatic heterocycles. The summed E-state index contributed by atoms with van der Waals surface area (Å²) in [6.45, 7) is 0.782. The van der Waals surface area contributed by atoms with Crippen molar-refractivity contribution in [3.63, 3.8) is 0 Å². The van der Waals surface area contributed by atoms with Gasteiger partial charge in [-0.1, -0.05) is 22.0 Å². The molecule has 2 nitrogen and oxygen atoms in total. The second kappa shape index (κ2) is 6.25. The first-order valence-corrected chi connectivity index (χ1v) is 7.09. The molecule has 0 aromatic heterocycles. The summed E-state index contributed by atoms with van der Waals surface area (Å²) in [6.07, 6.45) is 0. The van der Waals surface area contributed by atoms with Crippen LogP contribution < -0.4 is 10.1 Å². The van der Waals surface area contributed by atoms with Crippen molar-refractivity contribution in [3.05, 3.63) is 57.0 Å². The first-order chi connectivity index (χ1) is 8.69. The van der Waals surface area contributed by atoms with Crippen molar-refractivity contribution in [1.29, 1.82) is 0 Å². The quantitative estimate of drug-likeness (QED) is 0.831. The molecule has 0 atom stereocenters. The van der Waals surface area contributed by atoms with E-state index in [1.807, 2.05) is 30.3 Å². The van der Waals surface area contributed by atoms with Gasteiger partial charge in [-0.05, 0) is 57.9 Å². The average molecular weight is 371 g/mol. The Morgan fingerprint density at radius 1 is 1.06 bits per heavy atom. The van der Waals surface area contributed by atoms with Gasteiger partial charge in [0, 0.05) is 16.7 Å². The molecule has 2 aromatic rings. The molecular weight excluding hydrogens is 358 g/mol. The molecule has 0 spiro atoms. The summed E-state index contributed by atoms with van der Waals surface area (Å²) < 4.78 is 7.26. The molecule has 0 amide bonds. The summed E-state index contributed by atoms with van der Waals surface area (Å²) in [4.78, 5) is 0. The van der Waals surface area contributed by atoms with Crippen LogP contribution in [0.2, 0.25) is 0 Å². The van der Waals surface area contributed by atoms with Gasteiger partial charge in [-0.2, -0.15) is 0 Å². The zero-order valence-electron chi connectivity index (χ0n) is 9.91. The SMILES string of the molecule is COc1ccc(CNc2ccc(Br)cc2)cc1Br. The fourth-order valence-electron chi connectivity index (χ4n) is 1.59. The summed E-state index contributed by atoms with van der Waals surface area (Å²) >= 11 is 6.90. The van der Waals surface area contributed by atoms with Gasteiger partial charge >= 0.3 is 0 Å². The number of halogens is 2. The highest BCUT2D eigenvalue weighted by Crippen LogP contribution is 2.26. The van der Waals surface area contributed by atoms with E-state index in [0.29, 0.717) is 0 Å². The lowest BCUT2D eigenvalue weighted by Crippen LogP contribution is -1.99. The lowest BCUT2D eigenvalue weighted by Gasteiger charge is -2.09. The molecule has 4 heteroatoms. The van der Waals surface area contributed by atoms with Crippen molar-refractivity contribution in [2.45, 2.75) is 6.54 Å². The van der Waals surface area contributed by atoms with Gasteiger partial charge in [0.25, 0.3) is 0 Å². The molecule has 0 fully saturated rings. The zero-order chi connectivity index (χ0) is 13.0. The van der Waals surface area contributed by atoms with Crippen molar-refractivity contribution >= 4 is 37.5 Å². The predicted octanol–water partition coefficient (Wildman–Crippen LogP) is 4.83. The van der Waals surface area contributed by atoms with E-state index in [2.05, 4.69) is 49.3 Å². The van der Waals surface area contributed by atoms with Crippen molar-refractivity contribution in [2.24, 2.45) is 0 Å². The van der Waals surface area contributed by atoms with Crippen LogP contribution in [0.25, 0.3) is 0 Å². The Hall–Kier alpha value is -1.000. The summed E-state index contributed by atoms with van der Waals surface area (Å²) in [7, 11) is 1.67. The summed E-state index contributed by atoms with van der Waals surface area (Å²) in [5.74, 6) is 0.849. The molecule has 0 saturated heterocycles. The Morgan fingerprint density at radius 2 is 1.78 bits per heavy atom. The second-order valence-electron chi connectivity index (χ2n) is 3.83. The van der Waals surface area contributed by atoms with Crippen LogP contribution in [0, 0.1) is 0 Å². The lowest BCUT2D eigenvalue weighted by atomic mass is 10.2. The van der Waals surface area contributed by atoms with Gasteiger partial charge in [0.1, 0.15) is 5.75 Å². The first-order valence-electron chi connectivity index (χ1n) is 5.51. The van der Waals surface area contributed by atoms with Gasteiger partial charge in [-0.25, -0.2) is 0 Å². The van der Waals surface area contributed by atoms with Crippen molar-refractivity contribution in [1.82, 2.24) is 0 Å². The largest absolute Gasteiger partial charge is 0.496 e. The maximum Gasteiger partial charge on any atom is 0.133 e. The molecule has 0 aliphatic rings. The molecule has 0 heterocycles. The normalized spacial score (nSPS) is 10.2. The Morgan fingerprint density at radius 3 is 2.39 bits per heavy atom. The number of hydrogen-bond donors (Lipinski definition) is 1. The van der Waals surface area contributed by atoms with Crippen LogP contribution in [-0.2, 0) is 6.54 Å². The van der Waals surface area contributed by atoms with Crippen LogP contribution in [0.3, 0.4) is 0 Å². The van der Waals surface area contributed by atoms with Crippen LogP contribution in [0.5, 0.6) is 5.75 Å². The molecule has 94 valence electrons. The third-order valence-corrected chi connectivity index (χ3v) is 3.71. The molecule has 0 saturated carbocycles. The van der Waals surface area contributed by atoms with Crippen molar-refractivity contribution in [2.75, 3.05) is 12.4 Å². The van der Waals surface area contributed by atoms with Crippen LogP contribution in [0.1, 0.15) is 5.56 Å². The molecular formula is C14H13Br2NO. The van der Waals surface area contributed by atoms with E-state index >= 15 is 0 Å². The minimum atomic E-state index is 0.782. The van der Waals surface area contributed by atoms with Gasteiger partial charge < -0.3 is 10.1 Å². The van der Waals surface area contributed by atoms with E-state index in [4.69, 9.17) is 4.74 Å². The van der Waals surface area contributed by atoms with E-state index < -0.39 is 0 Å². The highest BCUT2D eigenvalue weighted by Gasteiger charge is 2.01. The molecule has 18 heavy (non-hydrogen) atoms. The third kappa shape index (κ3) is 3.50. The fourth-order valence-corrected chi connectivity index (χ4v) is 2.44. The monoisotopic (exact) mass is 369 g/mol. The number of hydrogen-bond acceptors (Lipinski definition) is 2. The molecule has 0 aliphatic carbocycles. The molecule has 0 radical (unpaired) electrons. The van der Waals surface area contributed by atoms with Crippen molar-refractivity contribution in [3.8, 4) is 5.75 Å². The average Bonchev–Trinajstić information content (AvgIpc) is 2.38. The Labute approximate surface area is 124 Å². The van der Waals surface area contributed by atoms with Crippen LogP contribution >= 0.6 is 31.9 Å². The smallest absolute Gasteiger partial charge is 0.133 e. The minimum Gasteiger partial charge on any atom is -0.496 e. The predicted molar refractivity (Wildman–Crippen MR) is 82.2 cm³/mol. The molecule has 1 N–H and O–H groups in total. The van der Waals surface area contributed by atoms with Gasteiger partial charge in [0.15, 0.2) is 0 Å². The Kier molecular flexibility index (Phi) is 4.66. The fraction of sp³-hybridized carbons (Fsp3) is 0.143. The highest BCUT2D eigenvalue weighted by atomic mass is 79.9. The van der Waals surface area contributed by atoms with Crippen LogP contribution in [-0.4, -0.2) is 7.11 Å². The Bertz CT molecular complexity index is 526. The zero-order valence-corrected chi connectivity index (χ0v) is 13.1. The standard InChI is InChI=1S/C14H13Br2NO/c1-18-14-7-2-10(8-13(14)16)9-17-12-5-3-11(15)4-6-12/h2-8,17H,9H2,1H3. The molecule has 0 bridgehead atoms. The number of methoxy groups -OCH3 is 1. The maximum atomic E-state index is 5.20. The van der Waals surface area contributed by atoms with Gasteiger partial charge in [-0.15, -0.1) is 0 Å². The third-order valence-electron chi connectivity index (χ3n) is 2.56. The highest BCUT2D eigenvalue weighted by molar-refractivity contribution is 9.10. The van der Waals surface area contributed by atoms with Crippen molar-refractivity contribution < 1.29 is 4.74 Å². The number of nitrogens with one attached hydrogen (secondary N) is 1. The molecule has 0 unspecified atom stereocenters. The summed E-state index contributed by atoms with van der Waals surface area (Å²) in [5, 5.41) is 3.37. The van der Waals surface area contributed by atoms with Crippen LogP contribution in [0.4, 0.5) is 5.69 Å². The lowest BCUT2D eigenvalue weighted by molar-refractivity contribution is 0.412. The number of anilines is 1. The van der Waals surface area contributed by atoms with E-state index in [0.717, 1.165) is 26.9 Å². The van der Waals surface area contributed by atoms with E-state index in [-0.39, 0.29) is 0 Å². The van der Waals surface area contributed by atoms with E-state index in [1.54, 1.807) is 7.11 Å². The number of ether oxygens (including phenoxy) is 1. The minimum absolute atomic E-state index is 0.782. The number of rotatable bonds is 4. The van der Waals surface area contributed by atoms with Gasteiger partial charge in [0.05, 0.1) is 11.6 Å². The summed E-state index contributed by atoms with van der Waals surface area (Å²) in [5.41, 5.74) is 2.30.